The quantitative estimate of drug-likeness (QED) is 0.426. The van der Waals surface area contributed by atoms with Gasteiger partial charge in [-0.2, -0.15) is 5.26 Å². The highest BCUT2D eigenvalue weighted by molar-refractivity contribution is 7.25. The van der Waals surface area contributed by atoms with Crippen LogP contribution in [0.4, 0.5) is 10.3 Å². The zero-order valence-electron chi connectivity index (χ0n) is 19.0. The fourth-order valence-electron chi connectivity index (χ4n) is 3.32. The summed E-state index contributed by atoms with van der Waals surface area (Å²) in [5.41, 5.74) is 1.21. The zero-order valence-corrected chi connectivity index (χ0v) is 21.4. The molecular formula is C21H26ClN7O2S2. The van der Waals surface area contributed by atoms with E-state index in [-0.39, 0.29) is 24.9 Å². The number of carbonyl (C=O) groups is 2. The first-order valence-corrected chi connectivity index (χ1v) is 12.7. The normalized spacial score (nSPS) is 11.5. The minimum absolute atomic E-state index is 0.175. The van der Waals surface area contributed by atoms with E-state index in [0.29, 0.717) is 41.3 Å². The number of amides is 2. The Morgan fingerprint density at radius 1 is 0.879 bits per heavy atom. The molecule has 0 radical (unpaired) electrons. The van der Waals surface area contributed by atoms with E-state index >= 15 is 0 Å². The second-order valence-corrected chi connectivity index (χ2v) is 9.59. The number of nitrogens with one attached hydrogen (secondary N) is 2. The van der Waals surface area contributed by atoms with Gasteiger partial charge in [0.15, 0.2) is 10.3 Å². The lowest BCUT2D eigenvalue weighted by Gasteiger charge is -2.16. The molecule has 0 saturated carbocycles. The van der Waals surface area contributed by atoms with Gasteiger partial charge in [0.2, 0.25) is 11.8 Å². The Bertz CT molecular complexity index is 1130. The van der Waals surface area contributed by atoms with Crippen molar-refractivity contribution in [2.45, 2.75) is 27.7 Å². The standard InChI is InChI=1S/C21H26ClN7O2S2/c1-5-28(6-2)10-13(30)24-20-26-16-15(22)17-19(12(9-23)18(16)32-20)33-21(27-17)25-14(31)11-29(7-3)8-4/h5-8,10-11H2,1-4H3,(H,24,26,30)(H,25,27,31). The summed E-state index contributed by atoms with van der Waals surface area (Å²) in [6.07, 6.45) is 0. The molecule has 0 aliphatic heterocycles. The summed E-state index contributed by atoms with van der Waals surface area (Å²) in [5, 5.41) is 16.5. The van der Waals surface area contributed by atoms with Crippen LogP contribution < -0.4 is 10.6 Å². The number of hydrogen-bond donors (Lipinski definition) is 2. The molecule has 33 heavy (non-hydrogen) atoms. The lowest BCUT2D eigenvalue weighted by molar-refractivity contribution is -0.118. The van der Waals surface area contributed by atoms with Crippen LogP contribution in [-0.2, 0) is 9.59 Å². The Labute approximate surface area is 205 Å². The lowest BCUT2D eigenvalue weighted by atomic mass is 10.2. The molecule has 0 bridgehead atoms. The monoisotopic (exact) mass is 507 g/mol. The number of likely N-dealkylation sites (N-methyl/N-ethyl adjacent to an activating group) is 2. The minimum atomic E-state index is -0.175. The summed E-state index contributed by atoms with van der Waals surface area (Å²) in [7, 11) is 0. The topological polar surface area (TPSA) is 114 Å². The van der Waals surface area contributed by atoms with Gasteiger partial charge in [0.25, 0.3) is 0 Å². The number of nitrogens with zero attached hydrogens (tertiary/aromatic N) is 5. The van der Waals surface area contributed by atoms with Gasteiger partial charge in [-0.15, -0.1) is 0 Å². The van der Waals surface area contributed by atoms with E-state index in [1.807, 2.05) is 37.5 Å². The third-order valence-corrected chi connectivity index (χ3v) is 7.59. The van der Waals surface area contributed by atoms with Crippen LogP contribution in [0, 0.1) is 11.3 Å². The second kappa shape index (κ2) is 11.2. The van der Waals surface area contributed by atoms with E-state index in [9.17, 15) is 14.9 Å². The van der Waals surface area contributed by atoms with E-state index < -0.39 is 0 Å². The molecule has 2 N–H and O–H groups in total. The number of fused-ring (bicyclic) bond motifs is 2. The summed E-state index contributed by atoms with van der Waals surface area (Å²) in [6.45, 7) is 11.6. The number of hydrogen-bond acceptors (Lipinski definition) is 9. The molecule has 0 aliphatic carbocycles. The van der Waals surface area contributed by atoms with E-state index in [4.69, 9.17) is 11.6 Å². The highest BCUT2D eigenvalue weighted by Gasteiger charge is 2.22. The third-order valence-electron chi connectivity index (χ3n) is 5.25. The van der Waals surface area contributed by atoms with Gasteiger partial charge in [-0.25, -0.2) is 9.97 Å². The first-order chi connectivity index (χ1) is 15.8. The van der Waals surface area contributed by atoms with Crippen LogP contribution in [0.1, 0.15) is 33.3 Å². The molecule has 0 unspecified atom stereocenters. The molecule has 0 aliphatic rings. The molecule has 0 spiro atoms. The van der Waals surface area contributed by atoms with Crippen LogP contribution in [0.3, 0.4) is 0 Å². The van der Waals surface area contributed by atoms with Crippen molar-refractivity contribution in [3.8, 4) is 6.07 Å². The van der Waals surface area contributed by atoms with Gasteiger partial charge >= 0.3 is 0 Å². The molecule has 2 aromatic heterocycles. The SMILES string of the molecule is CCN(CC)CC(=O)Nc1nc2c(Cl)c3nc(NC(=O)CN(CC)CC)sc3c(C#N)c2s1. The number of rotatable bonds is 10. The van der Waals surface area contributed by atoms with Crippen molar-refractivity contribution in [2.24, 2.45) is 0 Å². The third kappa shape index (κ3) is 5.59. The number of anilines is 2. The van der Waals surface area contributed by atoms with Gasteiger partial charge in [-0.05, 0) is 26.2 Å². The molecule has 3 rings (SSSR count). The maximum atomic E-state index is 12.4. The van der Waals surface area contributed by atoms with Crippen molar-refractivity contribution >= 4 is 76.8 Å². The Morgan fingerprint density at radius 3 is 1.61 bits per heavy atom. The largest absolute Gasteiger partial charge is 0.301 e. The minimum Gasteiger partial charge on any atom is -0.301 e. The molecule has 0 atom stereocenters. The number of nitriles is 1. The van der Waals surface area contributed by atoms with Crippen molar-refractivity contribution < 1.29 is 9.59 Å². The van der Waals surface area contributed by atoms with Crippen LogP contribution in [0.15, 0.2) is 0 Å². The van der Waals surface area contributed by atoms with Crippen molar-refractivity contribution in [2.75, 3.05) is 49.9 Å². The zero-order chi connectivity index (χ0) is 24.1. The first-order valence-electron chi connectivity index (χ1n) is 10.7. The van der Waals surface area contributed by atoms with E-state index in [2.05, 4.69) is 26.7 Å². The number of thiazole rings is 2. The summed E-state index contributed by atoms with van der Waals surface area (Å²) < 4.78 is 1.16. The average Bonchev–Trinajstić information content (AvgIpc) is 3.40. The predicted molar refractivity (Wildman–Crippen MR) is 135 cm³/mol. The van der Waals surface area contributed by atoms with E-state index in [1.54, 1.807) is 0 Å². The van der Waals surface area contributed by atoms with Crippen LogP contribution in [0.25, 0.3) is 20.4 Å². The van der Waals surface area contributed by atoms with Gasteiger partial charge in [0.05, 0.1) is 33.1 Å². The maximum Gasteiger partial charge on any atom is 0.240 e. The fourth-order valence-corrected chi connectivity index (χ4v) is 5.75. The fraction of sp³-hybridized carbons (Fsp3) is 0.476. The highest BCUT2D eigenvalue weighted by Crippen LogP contribution is 2.42. The summed E-state index contributed by atoms with van der Waals surface area (Å²) in [4.78, 5) is 37.6. The number of aromatic nitrogens is 2. The highest BCUT2D eigenvalue weighted by atomic mass is 35.5. The van der Waals surface area contributed by atoms with Crippen molar-refractivity contribution in [1.29, 1.82) is 5.26 Å². The molecule has 2 amide bonds. The van der Waals surface area contributed by atoms with Crippen molar-refractivity contribution in [3.63, 3.8) is 0 Å². The van der Waals surface area contributed by atoms with Crippen LogP contribution in [-0.4, -0.2) is 70.9 Å². The molecule has 0 saturated heterocycles. The van der Waals surface area contributed by atoms with Gasteiger partial charge in [0.1, 0.15) is 17.1 Å². The van der Waals surface area contributed by atoms with Gasteiger partial charge in [-0.1, -0.05) is 62.0 Å². The molecule has 176 valence electrons. The number of benzene rings is 1. The lowest BCUT2D eigenvalue weighted by Crippen LogP contribution is -2.32. The average molecular weight is 508 g/mol. The Kier molecular flexibility index (Phi) is 8.56. The second-order valence-electron chi connectivity index (χ2n) is 7.21. The molecule has 2 heterocycles. The van der Waals surface area contributed by atoms with E-state index in [1.165, 1.54) is 22.7 Å². The Hall–Kier alpha value is -2.36. The van der Waals surface area contributed by atoms with Crippen molar-refractivity contribution in [1.82, 2.24) is 19.8 Å². The molecule has 9 nitrogen and oxygen atoms in total. The summed E-state index contributed by atoms with van der Waals surface area (Å²) >= 11 is 9.00. The Morgan fingerprint density at radius 2 is 1.27 bits per heavy atom. The molecule has 3 aromatic rings. The smallest absolute Gasteiger partial charge is 0.240 e. The Balaban J connectivity index is 1.91. The van der Waals surface area contributed by atoms with Crippen molar-refractivity contribution in [3.05, 3.63) is 10.6 Å². The molecule has 0 fully saturated rings. The van der Waals surface area contributed by atoms with Crippen LogP contribution in [0.2, 0.25) is 5.02 Å². The summed E-state index contributed by atoms with van der Waals surface area (Å²) in [6, 6.07) is 2.21. The first kappa shape index (κ1) is 25.3. The van der Waals surface area contributed by atoms with Gasteiger partial charge < -0.3 is 10.6 Å². The van der Waals surface area contributed by atoms with Gasteiger partial charge in [-0.3, -0.25) is 19.4 Å². The van der Waals surface area contributed by atoms with Crippen LogP contribution >= 0.6 is 34.3 Å². The number of carbonyl (C=O) groups excluding carboxylic acids is 2. The predicted octanol–water partition coefficient (Wildman–Crippen LogP) is 3.99. The maximum absolute atomic E-state index is 12.4. The molecular weight excluding hydrogens is 482 g/mol. The molecule has 12 heteroatoms. The number of halogens is 1. The molecule has 1 aromatic carbocycles. The summed E-state index contributed by atoms with van der Waals surface area (Å²) in [5.74, 6) is -0.351. The van der Waals surface area contributed by atoms with Crippen LogP contribution in [0.5, 0.6) is 0 Å². The van der Waals surface area contributed by atoms with E-state index in [0.717, 1.165) is 26.2 Å². The van der Waals surface area contributed by atoms with Gasteiger partial charge in [0, 0.05) is 0 Å².